The number of anilines is 1. The van der Waals surface area contributed by atoms with Crippen LogP contribution in [0.25, 0.3) is 0 Å². The van der Waals surface area contributed by atoms with E-state index >= 15 is 0 Å². The first-order valence-electron chi connectivity index (χ1n) is 10.0. The number of nitrogens with zero attached hydrogens (tertiary/aromatic N) is 2. The lowest BCUT2D eigenvalue weighted by atomic mass is 10.0. The average molecular weight is 435 g/mol. The lowest BCUT2D eigenvalue weighted by Gasteiger charge is -2.30. The first kappa shape index (κ1) is 23.8. The van der Waals surface area contributed by atoms with Gasteiger partial charge >= 0.3 is 0 Å². The van der Waals surface area contributed by atoms with Gasteiger partial charge in [0.2, 0.25) is 10.0 Å². The Morgan fingerprint density at radius 3 is 2.23 bits per heavy atom. The maximum atomic E-state index is 12.4. The summed E-state index contributed by atoms with van der Waals surface area (Å²) in [5.41, 5.74) is 1.13. The monoisotopic (exact) mass is 434 g/mol. The minimum Gasteiger partial charge on any atom is -0.378 e. The number of hydrogen-bond acceptors (Lipinski definition) is 6. The molecule has 0 fully saturated rings. The summed E-state index contributed by atoms with van der Waals surface area (Å²) in [7, 11) is -3.82. The van der Waals surface area contributed by atoms with Crippen molar-refractivity contribution in [3.63, 3.8) is 0 Å². The number of sulfonamides is 1. The Morgan fingerprint density at radius 1 is 1.07 bits per heavy atom. The highest BCUT2D eigenvalue weighted by molar-refractivity contribution is 7.89. The molecule has 0 aromatic heterocycles. The molecule has 164 valence electrons. The molecule has 0 saturated carbocycles. The summed E-state index contributed by atoms with van der Waals surface area (Å²) >= 11 is 0. The van der Waals surface area contributed by atoms with E-state index in [9.17, 15) is 18.5 Å². The molecule has 2 N–H and O–H groups in total. The molecule has 0 spiro atoms. The van der Waals surface area contributed by atoms with Crippen molar-refractivity contribution in [2.24, 2.45) is 0 Å². The lowest BCUT2D eigenvalue weighted by Crippen LogP contribution is -2.33. The fraction of sp³-hybridized carbons (Fsp3) is 0.429. The maximum Gasteiger partial charge on any atom is 0.293 e. The van der Waals surface area contributed by atoms with E-state index < -0.39 is 14.9 Å². The second-order valence-corrected chi connectivity index (χ2v) is 8.95. The van der Waals surface area contributed by atoms with Crippen molar-refractivity contribution in [1.82, 2.24) is 9.62 Å². The number of nitro groups is 1. The van der Waals surface area contributed by atoms with Crippen LogP contribution in [0.15, 0.2) is 53.4 Å². The molecule has 9 heteroatoms. The smallest absolute Gasteiger partial charge is 0.293 e. The Kier molecular flexibility index (Phi) is 8.33. The third-order valence-electron chi connectivity index (χ3n) is 4.79. The van der Waals surface area contributed by atoms with Crippen molar-refractivity contribution in [2.75, 3.05) is 25.0 Å². The molecule has 0 aliphatic heterocycles. The molecular weight excluding hydrogens is 404 g/mol. The Hall–Kier alpha value is -2.49. The van der Waals surface area contributed by atoms with Gasteiger partial charge in [-0.25, -0.2) is 13.1 Å². The van der Waals surface area contributed by atoms with E-state index in [0.29, 0.717) is 6.54 Å². The number of hydrogen-bond donors (Lipinski definition) is 2. The zero-order valence-electron chi connectivity index (χ0n) is 17.8. The van der Waals surface area contributed by atoms with Crippen molar-refractivity contribution in [1.29, 1.82) is 0 Å². The van der Waals surface area contributed by atoms with Crippen LogP contribution >= 0.6 is 0 Å². The van der Waals surface area contributed by atoms with Gasteiger partial charge in [-0.2, -0.15) is 0 Å². The van der Waals surface area contributed by atoms with E-state index in [1.165, 1.54) is 12.1 Å². The quantitative estimate of drug-likeness (QED) is 0.412. The van der Waals surface area contributed by atoms with Crippen LogP contribution < -0.4 is 10.0 Å². The van der Waals surface area contributed by atoms with Crippen LogP contribution in [0.3, 0.4) is 0 Å². The largest absolute Gasteiger partial charge is 0.378 e. The molecule has 1 atom stereocenters. The van der Waals surface area contributed by atoms with Gasteiger partial charge in [0.15, 0.2) is 0 Å². The average Bonchev–Trinajstić information content (AvgIpc) is 2.70. The van der Waals surface area contributed by atoms with Crippen LogP contribution in [0.5, 0.6) is 0 Å². The standard InChI is InChI=1S/C21H30N4O4S/c1-5-24(6-2)21(17-10-8-7-9-11-17)15-22-19-13-12-18(14-20(19)25(26)27)30(28,29)23-16(3)4/h7-14,16,21-23H,5-6,15H2,1-4H3/t21-/m0/s1. The third-order valence-corrected chi connectivity index (χ3v) is 6.45. The van der Waals surface area contributed by atoms with E-state index in [1.54, 1.807) is 13.8 Å². The van der Waals surface area contributed by atoms with Crippen molar-refractivity contribution in [3.8, 4) is 0 Å². The van der Waals surface area contributed by atoms with Crippen LogP contribution in [0.1, 0.15) is 39.3 Å². The van der Waals surface area contributed by atoms with E-state index in [1.807, 2.05) is 30.3 Å². The molecule has 0 amide bonds. The predicted molar refractivity (Wildman–Crippen MR) is 119 cm³/mol. The second kappa shape index (κ2) is 10.5. The van der Waals surface area contributed by atoms with Gasteiger partial charge in [0, 0.05) is 18.7 Å². The lowest BCUT2D eigenvalue weighted by molar-refractivity contribution is -0.384. The van der Waals surface area contributed by atoms with Crippen molar-refractivity contribution < 1.29 is 13.3 Å². The van der Waals surface area contributed by atoms with Gasteiger partial charge in [-0.3, -0.25) is 15.0 Å². The van der Waals surface area contributed by atoms with Crippen LogP contribution in [0.4, 0.5) is 11.4 Å². The summed E-state index contributed by atoms with van der Waals surface area (Å²) in [4.78, 5) is 13.2. The Balaban J connectivity index is 2.33. The molecule has 0 saturated heterocycles. The highest BCUT2D eigenvalue weighted by atomic mass is 32.2. The topological polar surface area (TPSA) is 105 Å². The molecule has 0 heterocycles. The molecular formula is C21H30N4O4S. The first-order valence-corrected chi connectivity index (χ1v) is 11.5. The molecule has 0 aliphatic rings. The van der Waals surface area contributed by atoms with Gasteiger partial charge < -0.3 is 5.32 Å². The highest BCUT2D eigenvalue weighted by Crippen LogP contribution is 2.29. The molecule has 2 aromatic rings. The molecule has 2 rings (SSSR count). The van der Waals surface area contributed by atoms with Crippen LogP contribution in [-0.4, -0.2) is 43.9 Å². The third kappa shape index (κ3) is 6.01. The summed E-state index contributed by atoms with van der Waals surface area (Å²) in [6.07, 6.45) is 0. The molecule has 0 aliphatic carbocycles. The number of benzene rings is 2. The predicted octanol–water partition coefficient (Wildman–Crippen LogP) is 3.78. The first-order chi connectivity index (χ1) is 14.2. The van der Waals surface area contributed by atoms with Crippen molar-refractivity contribution >= 4 is 21.4 Å². The SMILES string of the molecule is CCN(CC)[C@@H](CNc1ccc(S(=O)(=O)NC(C)C)cc1[N+](=O)[O-])c1ccccc1. The Labute approximate surface area is 178 Å². The number of rotatable bonds is 11. The van der Waals surface area contributed by atoms with E-state index in [-0.39, 0.29) is 28.4 Å². The minimum atomic E-state index is -3.82. The molecule has 0 unspecified atom stereocenters. The van der Waals surface area contributed by atoms with Crippen LogP contribution in [-0.2, 0) is 10.0 Å². The molecule has 8 nitrogen and oxygen atoms in total. The van der Waals surface area contributed by atoms with Gasteiger partial charge in [0.25, 0.3) is 5.69 Å². The highest BCUT2D eigenvalue weighted by Gasteiger charge is 2.24. The molecule has 0 bridgehead atoms. The van der Waals surface area contributed by atoms with E-state index in [0.717, 1.165) is 24.7 Å². The zero-order valence-corrected chi connectivity index (χ0v) is 18.6. The summed E-state index contributed by atoms with van der Waals surface area (Å²) in [5.74, 6) is 0. The van der Waals surface area contributed by atoms with Crippen LogP contribution in [0.2, 0.25) is 0 Å². The van der Waals surface area contributed by atoms with Crippen molar-refractivity contribution in [3.05, 3.63) is 64.2 Å². The van der Waals surface area contributed by atoms with Gasteiger partial charge in [0.1, 0.15) is 5.69 Å². The zero-order chi connectivity index (χ0) is 22.3. The number of likely N-dealkylation sites (N-methyl/N-ethyl adjacent to an activating group) is 1. The van der Waals surface area contributed by atoms with Gasteiger partial charge in [-0.1, -0.05) is 44.2 Å². The fourth-order valence-electron chi connectivity index (χ4n) is 3.36. The Bertz CT molecular complexity index is 945. The summed E-state index contributed by atoms with van der Waals surface area (Å²) < 4.78 is 27.2. The number of nitro benzene ring substituents is 1. The van der Waals surface area contributed by atoms with Gasteiger partial charge in [-0.05, 0) is 44.6 Å². The van der Waals surface area contributed by atoms with Gasteiger partial charge in [0.05, 0.1) is 15.9 Å². The Morgan fingerprint density at radius 2 is 1.70 bits per heavy atom. The van der Waals surface area contributed by atoms with E-state index in [4.69, 9.17) is 0 Å². The molecule has 30 heavy (non-hydrogen) atoms. The second-order valence-electron chi connectivity index (χ2n) is 7.24. The number of nitrogens with one attached hydrogen (secondary N) is 2. The summed E-state index contributed by atoms with van der Waals surface area (Å²) in [6, 6.07) is 13.6. The van der Waals surface area contributed by atoms with Gasteiger partial charge in [-0.15, -0.1) is 0 Å². The van der Waals surface area contributed by atoms with E-state index in [2.05, 4.69) is 28.8 Å². The molecule has 0 radical (unpaired) electrons. The summed E-state index contributed by atoms with van der Waals surface area (Å²) in [5, 5.41) is 14.8. The summed E-state index contributed by atoms with van der Waals surface area (Å²) in [6.45, 7) is 9.64. The normalized spacial score (nSPS) is 12.9. The minimum absolute atomic E-state index is 0.0202. The molecule has 2 aromatic carbocycles. The van der Waals surface area contributed by atoms with Crippen molar-refractivity contribution in [2.45, 2.75) is 44.7 Å². The maximum absolute atomic E-state index is 12.4. The fourth-order valence-corrected chi connectivity index (χ4v) is 4.63. The van der Waals surface area contributed by atoms with Crippen LogP contribution in [0, 0.1) is 10.1 Å².